The van der Waals surface area contributed by atoms with Crippen LogP contribution in [-0.4, -0.2) is 0 Å². The first kappa shape index (κ1) is 59.2. The molecule has 0 amide bonds. The largest absolute Gasteiger partial charge is 0.212 e. The summed E-state index contributed by atoms with van der Waals surface area (Å²) in [5, 5.41) is 0. The molecular weight excluding hydrogens is 1100 g/mol. The number of hydrogen-bond donors (Lipinski definition) is 0. The van der Waals surface area contributed by atoms with Gasteiger partial charge in [-0.2, -0.15) is 0 Å². The molecule has 0 spiro atoms. The van der Waals surface area contributed by atoms with Crippen LogP contribution in [0.3, 0.4) is 0 Å². The minimum atomic E-state index is -2.37. The van der Waals surface area contributed by atoms with Crippen molar-refractivity contribution < 1.29 is 42.0 Å². The van der Waals surface area contributed by atoms with E-state index in [0.717, 1.165) is 73.0 Å². The molecule has 5 heteroatoms. The fourth-order valence-electron chi connectivity index (χ4n) is 10.0. The maximum absolute atomic E-state index is 8.26. The van der Waals surface area contributed by atoms with Crippen LogP contribution in [0.4, 0.5) is 0 Å². The first-order chi connectivity index (χ1) is 46.4. The van der Waals surface area contributed by atoms with Gasteiger partial charge in [-0.3, -0.25) is 0 Å². The van der Waals surface area contributed by atoms with E-state index in [0.29, 0.717) is 16.7 Å². The van der Waals surface area contributed by atoms with Crippen molar-refractivity contribution in [2.75, 3.05) is 0 Å². The normalized spacial score (nSPS) is 14.5. The molecule has 5 aromatic carbocycles. The minimum Gasteiger partial charge on any atom is -0.201 e. The summed E-state index contributed by atoms with van der Waals surface area (Å²) >= 11 is 0. The molecule has 10 rings (SSSR count). The van der Waals surface area contributed by atoms with Crippen LogP contribution in [0.5, 0.6) is 0 Å². The van der Waals surface area contributed by atoms with E-state index in [4.69, 9.17) is 19.2 Å². The second-order valence-corrected chi connectivity index (χ2v) is 22.7. The van der Waals surface area contributed by atoms with Gasteiger partial charge in [0.15, 0.2) is 31.0 Å². The lowest BCUT2D eigenvalue weighted by atomic mass is 9.99. The van der Waals surface area contributed by atoms with E-state index < -0.39 is 44.6 Å². The van der Waals surface area contributed by atoms with Crippen LogP contribution in [0.25, 0.3) is 56.3 Å². The van der Waals surface area contributed by atoms with Crippen LogP contribution in [0.15, 0.2) is 213 Å². The van der Waals surface area contributed by atoms with Crippen molar-refractivity contribution in [3.8, 4) is 56.3 Å². The Morgan fingerprint density at radius 2 is 0.659 bits per heavy atom. The average Bonchev–Trinajstić information content (AvgIpc) is 0.791. The Morgan fingerprint density at radius 1 is 0.341 bits per heavy atom. The molecule has 5 nitrogen and oxygen atoms in total. The third kappa shape index (κ3) is 23.2. The van der Waals surface area contributed by atoms with Crippen molar-refractivity contribution in [1.29, 1.82) is 0 Å². The van der Waals surface area contributed by atoms with Gasteiger partial charge < -0.3 is 0 Å². The fourth-order valence-corrected chi connectivity index (χ4v) is 10.0. The predicted octanol–water partition coefficient (Wildman–Crippen LogP) is 20.8. The lowest BCUT2D eigenvalue weighted by Crippen LogP contribution is -2.31. The van der Waals surface area contributed by atoms with Crippen LogP contribution < -0.4 is 22.8 Å². The monoisotopic (exact) mass is 1240 g/mol. The maximum atomic E-state index is 8.26. The third-order valence-corrected chi connectivity index (χ3v) is 14.9. The molecule has 0 saturated carbocycles. The van der Waals surface area contributed by atoms with Gasteiger partial charge >= 0.3 is 0 Å². The quantitative estimate of drug-likeness (QED) is 0.109. The van der Waals surface area contributed by atoms with Crippen molar-refractivity contribution >= 4 is 0 Å². The molecule has 0 radical (unpaired) electrons. The van der Waals surface area contributed by atoms with E-state index in [1.54, 1.807) is 25.3 Å². The number of pyridine rings is 5. The van der Waals surface area contributed by atoms with Crippen LogP contribution >= 0.6 is 0 Å². The number of hydrogen-bond acceptors (Lipinski definition) is 0. The molecule has 5 heterocycles. The molecule has 10 aromatic rings. The first-order valence-electron chi connectivity index (χ1n) is 36.7. The summed E-state index contributed by atoms with van der Waals surface area (Å²) in [6, 6.07) is 59.3. The number of rotatable bonds is 12. The van der Waals surface area contributed by atoms with Gasteiger partial charge in [-0.05, 0) is 164 Å². The van der Waals surface area contributed by atoms with Crippen molar-refractivity contribution in [3.05, 3.63) is 269 Å². The Labute approximate surface area is 576 Å². The summed E-state index contributed by atoms with van der Waals surface area (Å²) in [6.07, 6.45) is 5.38. The van der Waals surface area contributed by atoms with Crippen LogP contribution in [0.2, 0.25) is 0 Å². The lowest BCUT2D eigenvalue weighted by molar-refractivity contribution is -0.661. The average molecular weight is 1240 g/mol. The number of nitrogens with zero attached hydrogens (tertiary/aromatic N) is 5. The molecule has 0 aliphatic carbocycles. The summed E-state index contributed by atoms with van der Waals surface area (Å²) in [5.41, 5.74) is 19.8. The summed E-state index contributed by atoms with van der Waals surface area (Å²) in [6.45, 7) is 17.7. The second kappa shape index (κ2) is 39.2. The van der Waals surface area contributed by atoms with Gasteiger partial charge in [-0.25, -0.2) is 22.8 Å². The topological polar surface area (TPSA) is 19.4 Å². The minimum absolute atomic E-state index is 0. The SMILES string of the molecule is C.C.C.C.C.[2H]C([2H])(C)c1cc[n+](C)c(-c2ccccc2C)c1.[2H]C([2H])([2H])C([2H])(C)c1cc[n+](C)c(-c2ccccc2C)c1.[2H]C([2H])([2H])C([2H])(C)c1ccc(-c2ccccc2C)[n+](C)c1.[2H]C([2H])(c1cc[n+](C)c(-c2ccccc2C)c1)C(C)C.[2H]C([2H])(c1ccc(-c2ccccc2C)[n+](C)c1)C(C)C. The van der Waals surface area contributed by atoms with Gasteiger partial charge in [0, 0.05) is 107 Å². The Morgan fingerprint density at radius 3 is 1.02 bits per heavy atom. The van der Waals surface area contributed by atoms with Gasteiger partial charge in [-0.1, -0.05) is 190 Å². The van der Waals surface area contributed by atoms with E-state index in [9.17, 15) is 0 Å². The highest BCUT2D eigenvalue weighted by molar-refractivity contribution is 5.64. The smallest absolute Gasteiger partial charge is 0.201 e. The number of aromatic nitrogens is 5. The van der Waals surface area contributed by atoms with E-state index in [1.165, 1.54) is 36.1 Å². The van der Waals surface area contributed by atoms with Crippen LogP contribution in [0.1, 0.15) is 186 Å². The summed E-state index contributed by atoms with van der Waals surface area (Å²) in [4.78, 5) is 0. The summed E-state index contributed by atoms with van der Waals surface area (Å²) in [5.74, 6) is -3.35. The summed E-state index contributed by atoms with van der Waals surface area (Å²) in [7, 11) is 9.75. The predicted molar refractivity (Wildman–Crippen MR) is 397 cm³/mol. The molecule has 0 aliphatic rings. The molecular formula is C86H122N5+5. The van der Waals surface area contributed by atoms with Crippen molar-refractivity contribution in [3.63, 3.8) is 0 Å². The van der Waals surface area contributed by atoms with Gasteiger partial charge in [0.1, 0.15) is 35.2 Å². The highest BCUT2D eigenvalue weighted by atomic mass is 14.9. The number of benzene rings is 5. The third-order valence-electron chi connectivity index (χ3n) is 14.9. The van der Waals surface area contributed by atoms with Crippen molar-refractivity contribution in [1.82, 2.24) is 0 Å². The fraction of sp³-hybridized carbons (Fsp3) is 0.360. The zero-order chi connectivity index (χ0) is 74.8. The molecule has 486 valence electrons. The van der Waals surface area contributed by atoms with Crippen molar-refractivity contribution in [2.24, 2.45) is 47.1 Å². The van der Waals surface area contributed by atoms with Gasteiger partial charge in [0.05, 0.1) is 0 Å². The standard InChI is InChI=1S/2C17H22N.2C16H20N.C15H18N.5CH4/c1-13(2)11-15-9-10-18(4)17(12-15)16-8-6-5-7-14(16)3;1-13(2)11-15-9-10-17(18(4)12-15)16-8-6-5-7-14(16)3;1-12(2)14-9-10-17(4)16(11-14)15-8-6-5-7-13(15)3;1-12(2)14-9-10-16(17(4)11-14)15-8-6-5-7-13(15)3;1-4-13-9-10-16(3)15(11-13)14-8-6-5-7-12(14)2;;;;;/h2*5-10,12-13H,11H2,1-4H3;2*5-12H,1-4H3;5-11H,4H2,1-3H3;5*1H4/q5*+1;;;;;/i2*11D2;2*1D3,12D;4D2;;;;;. The van der Waals surface area contributed by atoms with Gasteiger partial charge in [0.2, 0.25) is 28.5 Å². The molecule has 0 N–H and O–H groups in total. The maximum Gasteiger partial charge on any atom is 0.212 e. The lowest BCUT2D eigenvalue weighted by Gasteiger charge is -2.08. The van der Waals surface area contributed by atoms with Crippen LogP contribution in [0, 0.1) is 46.5 Å². The zero-order valence-electron chi connectivity index (χ0n) is 68.1. The van der Waals surface area contributed by atoms with E-state index >= 15 is 0 Å². The molecule has 0 aliphatic heterocycles. The Hall–Kier alpha value is -8.15. The van der Waals surface area contributed by atoms with E-state index in [1.807, 2.05) is 258 Å². The molecule has 91 heavy (non-hydrogen) atoms. The molecule has 0 fully saturated rings. The molecule has 2 atom stereocenters. The molecule has 5 aromatic heterocycles. The van der Waals surface area contributed by atoms with Gasteiger partial charge in [-0.15, -0.1) is 0 Å². The van der Waals surface area contributed by atoms with E-state index in [-0.39, 0.29) is 49.0 Å². The van der Waals surface area contributed by atoms with Gasteiger partial charge in [0.25, 0.3) is 0 Å². The molecule has 2 unspecified atom stereocenters. The first-order valence-corrected chi connectivity index (χ1v) is 29.7. The second-order valence-electron chi connectivity index (χ2n) is 22.7. The Kier molecular flexibility index (Phi) is 25.5. The highest BCUT2D eigenvalue weighted by Gasteiger charge is 2.18. The molecule has 0 saturated heterocycles. The highest BCUT2D eigenvalue weighted by Crippen LogP contribution is 2.27. The zero-order valence-corrected chi connectivity index (χ0v) is 54.1. The Balaban J connectivity index is 0.000000649. The van der Waals surface area contributed by atoms with Crippen molar-refractivity contribution in [2.45, 2.75) is 165 Å². The molecule has 0 bridgehead atoms. The summed E-state index contributed by atoms with van der Waals surface area (Å²) < 4.78 is 120. The van der Waals surface area contributed by atoms with E-state index in [2.05, 4.69) is 57.2 Å². The van der Waals surface area contributed by atoms with Crippen LogP contribution in [-0.2, 0) is 54.4 Å². The Bertz CT molecular complexity index is 4430. The number of aryl methyl sites for hydroxylation is 11.